The number of benzene rings is 1. The van der Waals surface area contributed by atoms with Gasteiger partial charge in [0.2, 0.25) is 0 Å². The van der Waals surface area contributed by atoms with Crippen molar-refractivity contribution in [2.45, 2.75) is 91.7 Å². The van der Waals surface area contributed by atoms with Gasteiger partial charge in [-0.2, -0.15) is 18.3 Å². The van der Waals surface area contributed by atoms with Crippen molar-refractivity contribution in [3.8, 4) is 0 Å². The van der Waals surface area contributed by atoms with Gasteiger partial charge in [0.25, 0.3) is 0 Å². The molecule has 0 aliphatic heterocycles. The van der Waals surface area contributed by atoms with E-state index in [-0.39, 0.29) is 27.3 Å². The lowest BCUT2D eigenvalue weighted by atomic mass is 9.40. The maximum absolute atomic E-state index is 13.2. The first kappa shape index (κ1) is 28.4. The quantitative estimate of drug-likeness (QED) is 0.223. The molecule has 0 radical (unpaired) electrons. The van der Waals surface area contributed by atoms with Gasteiger partial charge in [-0.3, -0.25) is 10.2 Å². The summed E-state index contributed by atoms with van der Waals surface area (Å²) in [4.78, 5) is 13.2. The molecule has 0 heterocycles. The van der Waals surface area contributed by atoms with Crippen molar-refractivity contribution in [1.82, 2.24) is 5.43 Å². The van der Waals surface area contributed by atoms with Crippen LogP contribution in [0.25, 0.3) is 0 Å². The number of hydrogen-bond acceptors (Lipinski definition) is 4. The van der Waals surface area contributed by atoms with Crippen LogP contribution >= 0.6 is 12.2 Å². The van der Waals surface area contributed by atoms with Gasteiger partial charge < -0.3 is 10.1 Å². The van der Waals surface area contributed by atoms with Gasteiger partial charge in [-0.25, -0.2) is 0 Å². The number of alkyl halides is 3. The van der Waals surface area contributed by atoms with E-state index in [0.717, 1.165) is 75.6 Å². The van der Waals surface area contributed by atoms with Crippen LogP contribution in [0, 0.1) is 33.5 Å². The lowest BCUT2D eigenvalue weighted by Crippen LogP contribution is -2.58. The number of nitrogens with zero attached hydrogens (tertiary/aromatic N) is 1. The van der Waals surface area contributed by atoms with Crippen LogP contribution < -0.4 is 10.7 Å². The highest BCUT2D eigenvalue weighted by atomic mass is 32.1. The molecule has 4 fully saturated rings. The molecule has 4 aliphatic carbocycles. The lowest BCUT2D eigenvalue weighted by Gasteiger charge is -2.64. The molecule has 5 nitrogen and oxygen atoms in total. The van der Waals surface area contributed by atoms with E-state index in [2.05, 4.69) is 31.5 Å². The first-order chi connectivity index (χ1) is 18.3. The maximum atomic E-state index is 13.2. The first-order valence-corrected chi connectivity index (χ1v) is 14.7. The van der Waals surface area contributed by atoms with Gasteiger partial charge >= 0.3 is 12.1 Å². The van der Waals surface area contributed by atoms with E-state index in [1.54, 1.807) is 0 Å². The van der Waals surface area contributed by atoms with Crippen molar-refractivity contribution in [3.05, 3.63) is 29.8 Å². The number of fused-ring (bicyclic) bond motifs is 3. The van der Waals surface area contributed by atoms with Gasteiger partial charge in [-0.05, 0) is 124 Å². The van der Waals surface area contributed by atoms with Crippen molar-refractivity contribution < 1.29 is 22.7 Å². The van der Waals surface area contributed by atoms with Gasteiger partial charge in [0.15, 0.2) is 5.11 Å². The van der Waals surface area contributed by atoms with Crippen molar-refractivity contribution >= 4 is 34.7 Å². The highest BCUT2D eigenvalue weighted by Gasteiger charge is 2.67. The topological polar surface area (TPSA) is 62.7 Å². The Morgan fingerprint density at radius 3 is 2.44 bits per heavy atom. The largest absolute Gasteiger partial charge is 0.466 e. The summed E-state index contributed by atoms with van der Waals surface area (Å²) in [5, 5.41) is 8.00. The predicted molar refractivity (Wildman–Crippen MR) is 150 cm³/mol. The Labute approximate surface area is 234 Å². The molecule has 1 aromatic carbocycles. The average Bonchev–Trinajstić information content (AvgIpc) is 3.06. The summed E-state index contributed by atoms with van der Waals surface area (Å²) < 4.78 is 44.2. The Morgan fingerprint density at radius 1 is 1.08 bits per heavy atom. The average molecular weight is 564 g/mol. The highest BCUT2D eigenvalue weighted by Crippen LogP contribution is 2.73. The van der Waals surface area contributed by atoms with Crippen LogP contribution in [0.1, 0.15) is 91.0 Å². The molecular weight excluding hydrogens is 523 g/mol. The molecule has 0 saturated heterocycles. The van der Waals surface area contributed by atoms with Crippen LogP contribution in [0.2, 0.25) is 0 Å². The second-order valence-electron chi connectivity index (χ2n) is 13.2. The second-order valence-corrected chi connectivity index (χ2v) is 13.6. The molecule has 4 saturated carbocycles. The zero-order valence-corrected chi connectivity index (χ0v) is 24.2. The van der Waals surface area contributed by atoms with E-state index in [0.29, 0.717) is 24.1 Å². The van der Waals surface area contributed by atoms with E-state index >= 15 is 0 Å². The molecule has 9 heteroatoms. The number of anilines is 1. The van der Waals surface area contributed by atoms with Gasteiger partial charge in [-0.1, -0.05) is 20.3 Å². The monoisotopic (exact) mass is 563 g/mol. The summed E-state index contributed by atoms with van der Waals surface area (Å²) in [7, 11) is 0. The number of carbonyl (C=O) groups is 1. The smallest absolute Gasteiger partial charge is 0.416 e. The van der Waals surface area contributed by atoms with Crippen LogP contribution in [0.3, 0.4) is 0 Å². The molecule has 0 amide bonds. The fourth-order valence-electron chi connectivity index (χ4n) is 9.26. The van der Waals surface area contributed by atoms with E-state index < -0.39 is 17.2 Å². The third kappa shape index (κ3) is 4.76. The molecule has 2 bridgehead atoms. The minimum absolute atomic E-state index is 0.00419. The van der Waals surface area contributed by atoms with Gasteiger partial charge in [0.05, 0.1) is 17.6 Å². The zero-order valence-electron chi connectivity index (χ0n) is 23.3. The SMILES string of the molecule is CCOC(=O)[C@]1(C)CCC[C@@]2(C)[C@@H]3CC[C@@]4(C)C[C@]3(CC[C@@H]21)C/C4=N\NC(=S)Nc1ccc(C(F)(F)F)cc1. The summed E-state index contributed by atoms with van der Waals surface area (Å²) in [5.41, 5.74) is 3.74. The molecule has 4 aliphatic rings. The summed E-state index contributed by atoms with van der Waals surface area (Å²) in [6.45, 7) is 9.21. The number of nitrogens with one attached hydrogen (secondary N) is 2. The molecule has 2 N–H and O–H groups in total. The van der Waals surface area contributed by atoms with Gasteiger partial charge in [0, 0.05) is 16.8 Å². The van der Waals surface area contributed by atoms with Crippen molar-refractivity contribution in [3.63, 3.8) is 0 Å². The third-order valence-corrected chi connectivity index (χ3v) is 11.1. The standard InChI is InChI=1S/C30H40F3N3O2S/c1-5-38-24(37)28(4)14-6-13-27(3)21(28)12-16-29-17-23(26(2,18-29)15-11-22(27)29)35-36-25(39)34-20-9-7-19(8-10-20)30(31,32)33/h7-10,21-22H,5-6,11-18H2,1-4H3,(H2,34,36,39)/b35-23+/t21-,22-,26-,27+,28+,29-/m0/s1. The summed E-state index contributed by atoms with van der Waals surface area (Å²) in [6, 6.07) is 4.80. The zero-order chi connectivity index (χ0) is 28.3. The summed E-state index contributed by atoms with van der Waals surface area (Å²) >= 11 is 5.42. The predicted octanol–water partition coefficient (Wildman–Crippen LogP) is 7.71. The highest BCUT2D eigenvalue weighted by molar-refractivity contribution is 7.80. The minimum Gasteiger partial charge on any atom is -0.466 e. The van der Waals surface area contributed by atoms with Crippen LogP contribution in [0.4, 0.5) is 18.9 Å². The summed E-state index contributed by atoms with van der Waals surface area (Å²) in [6.07, 6.45) is 5.08. The Morgan fingerprint density at radius 2 is 1.77 bits per heavy atom. The number of carbonyl (C=O) groups excluding carboxylic acids is 1. The molecule has 214 valence electrons. The maximum Gasteiger partial charge on any atom is 0.416 e. The van der Waals surface area contributed by atoms with Crippen LogP contribution in [-0.2, 0) is 15.7 Å². The molecule has 39 heavy (non-hydrogen) atoms. The third-order valence-electron chi connectivity index (χ3n) is 10.9. The fraction of sp³-hybridized carbons (Fsp3) is 0.700. The number of ether oxygens (including phenoxy) is 1. The summed E-state index contributed by atoms with van der Waals surface area (Å²) in [5.74, 6) is 0.845. The Bertz CT molecular complexity index is 1170. The number of rotatable bonds is 4. The van der Waals surface area contributed by atoms with E-state index in [1.165, 1.54) is 12.1 Å². The molecule has 0 aromatic heterocycles. The number of hydrogen-bond donors (Lipinski definition) is 2. The molecule has 5 rings (SSSR count). The van der Waals surface area contributed by atoms with Crippen LogP contribution in [-0.4, -0.2) is 23.4 Å². The number of hydrazone groups is 1. The number of esters is 1. The first-order valence-electron chi connectivity index (χ1n) is 14.2. The van der Waals surface area contributed by atoms with Gasteiger partial charge in [0.1, 0.15) is 0 Å². The molecule has 0 unspecified atom stereocenters. The Balaban J connectivity index is 1.31. The van der Waals surface area contributed by atoms with E-state index in [4.69, 9.17) is 22.1 Å². The van der Waals surface area contributed by atoms with Crippen molar-refractivity contribution in [2.24, 2.45) is 38.6 Å². The van der Waals surface area contributed by atoms with Crippen molar-refractivity contribution in [1.29, 1.82) is 0 Å². The second kappa shape index (κ2) is 9.74. The molecule has 6 atom stereocenters. The lowest BCUT2D eigenvalue weighted by molar-refractivity contribution is -0.187. The number of thiocarbonyl (C=S) groups is 1. The van der Waals surface area contributed by atoms with Gasteiger partial charge in [-0.15, -0.1) is 0 Å². The normalized spacial score (nSPS) is 38.5. The van der Waals surface area contributed by atoms with Crippen LogP contribution in [0.5, 0.6) is 0 Å². The van der Waals surface area contributed by atoms with E-state index in [9.17, 15) is 18.0 Å². The molecule has 1 aromatic rings. The Kier molecular flexibility index (Phi) is 7.08. The van der Waals surface area contributed by atoms with Crippen molar-refractivity contribution in [2.75, 3.05) is 11.9 Å². The fourth-order valence-corrected chi connectivity index (χ4v) is 9.42. The van der Waals surface area contributed by atoms with Crippen LogP contribution in [0.15, 0.2) is 29.4 Å². The number of halogens is 3. The Hall–Kier alpha value is -2.16. The minimum atomic E-state index is -4.37. The van der Waals surface area contributed by atoms with E-state index in [1.807, 2.05) is 6.92 Å². The molecule has 1 spiro atoms. The molecular formula is C30H40F3N3O2S.